The second-order valence-electron chi connectivity index (χ2n) is 6.76. The lowest BCUT2D eigenvalue weighted by atomic mass is 10.2. The summed E-state index contributed by atoms with van der Waals surface area (Å²) >= 11 is 0. The van der Waals surface area contributed by atoms with Gasteiger partial charge in [-0.05, 0) is 29.8 Å². The van der Waals surface area contributed by atoms with Crippen molar-refractivity contribution in [2.45, 2.75) is 6.54 Å². The van der Waals surface area contributed by atoms with E-state index in [0.717, 1.165) is 17.4 Å². The Kier molecular flexibility index (Phi) is 6.19. The van der Waals surface area contributed by atoms with Crippen LogP contribution in [0, 0.1) is 0 Å². The highest BCUT2D eigenvalue weighted by Crippen LogP contribution is 2.27. The summed E-state index contributed by atoms with van der Waals surface area (Å²) in [5.41, 5.74) is 2.30. The van der Waals surface area contributed by atoms with Gasteiger partial charge in [-0.1, -0.05) is 36.4 Å². The van der Waals surface area contributed by atoms with Gasteiger partial charge < -0.3 is 19.9 Å². The molecular weight excluding hydrogens is 378 g/mol. The van der Waals surface area contributed by atoms with Crippen molar-refractivity contribution in [1.82, 2.24) is 19.9 Å². The molecule has 0 spiro atoms. The molecule has 0 aliphatic carbocycles. The average Bonchev–Trinajstić information content (AvgIpc) is 3.20. The molecule has 0 aliphatic heterocycles. The van der Waals surface area contributed by atoms with Crippen LogP contribution < -0.4 is 15.4 Å². The lowest BCUT2D eigenvalue weighted by Crippen LogP contribution is -2.32. The molecule has 0 bridgehead atoms. The molecule has 0 fully saturated rings. The van der Waals surface area contributed by atoms with Crippen LogP contribution in [0.25, 0.3) is 10.9 Å². The molecule has 2 N–H and O–H groups in total. The van der Waals surface area contributed by atoms with Gasteiger partial charge in [0, 0.05) is 43.6 Å². The van der Waals surface area contributed by atoms with Crippen LogP contribution >= 0.6 is 0 Å². The molecule has 4 rings (SSSR count). The van der Waals surface area contributed by atoms with E-state index in [4.69, 9.17) is 4.74 Å². The SMILES string of the molecule is O=C(COc1cccc2c1ccn2Cc1ccccc1)NCCNc1ncccn1. The van der Waals surface area contributed by atoms with Crippen molar-refractivity contribution in [3.05, 3.63) is 84.8 Å². The molecule has 0 radical (unpaired) electrons. The fourth-order valence-corrected chi connectivity index (χ4v) is 3.20. The summed E-state index contributed by atoms with van der Waals surface area (Å²) in [4.78, 5) is 20.2. The quantitative estimate of drug-likeness (QED) is 0.421. The van der Waals surface area contributed by atoms with Crippen molar-refractivity contribution in [1.29, 1.82) is 0 Å². The zero-order valence-corrected chi connectivity index (χ0v) is 16.5. The van der Waals surface area contributed by atoms with E-state index in [9.17, 15) is 4.79 Å². The molecule has 152 valence electrons. The number of hydrogen-bond donors (Lipinski definition) is 2. The maximum absolute atomic E-state index is 12.1. The lowest BCUT2D eigenvalue weighted by molar-refractivity contribution is -0.122. The van der Waals surface area contributed by atoms with Crippen LogP contribution in [0.3, 0.4) is 0 Å². The molecule has 4 aromatic rings. The maximum Gasteiger partial charge on any atom is 0.258 e. The van der Waals surface area contributed by atoms with Gasteiger partial charge in [-0.2, -0.15) is 0 Å². The minimum Gasteiger partial charge on any atom is -0.483 e. The number of amides is 1. The van der Waals surface area contributed by atoms with Gasteiger partial charge in [0.25, 0.3) is 5.91 Å². The first kappa shape index (κ1) is 19.4. The number of carbonyl (C=O) groups is 1. The van der Waals surface area contributed by atoms with E-state index >= 15 is 0 Å². The van der Waals surface area contributed by atoms with E-state index in [2.05, 4.69) is 43.4 Å². The van der Waals surface area contributed by atoms with Gasteiger partial charge in [-0.3, -0.25) is 4.79 Å². The van der Waals surface area contributed by atoms with Crippen molar-refractivity contribution in [2.24, 2.45) is 0 Å². The first-order valence-electron chi connectivity index (χ1n) is 9.82. The van der Waals surface area contributed by atoms with Gasteiger partial charge >= 0.3 is 0 Å². The number of hydrogen-bond acceptors (Lipinski definition) is 5. The summed E-state index contributed by atoms with van der Waals surface area (Å²) in [7, 11) is 0. The molecule has 1 amide bonds. The zero-order valence-electron chi connectivity index (χ0n) is 16.5. The summed E-state index contributed by atoms with van der Waals surface area (Å²) in [5.74, 6) is 1.06. The molecule has 2 aromatic carbocycles. The van der Waals surface area contributed by atoms with Crippen LogP contribution in [0.5, 0.6) is 5.75 Å². The first-order chi connectivity index (χ1) is 14.8. The van der Waals surface area contributed by atoms with Crippen LogP contribution in [-0.2, 0) is 11.3 Å². The number of benzene rings is 2. The largest absolute Gasteiger partial charge is 0.483 e. The Bertz CT molecular complexity index is 1100. The molecule has 2 heterocycles. The third-order valence-corrected chi connectivity index (χ3v) is 4.62. The van der Waals surface area contributed by atoms with E-state index in [0.29, 0.717) is 24.8 Å². The Morgan fingerprint density at radius 1 is 0.933 bits per heavy atom. The van der Waals surface area contributed by atoms with Gasteiger partial charge in [0.15, 0.2) is 6.61 Å². The van der Waals surface area contributed by atoms with Crippen LogP contribution in [0.1, 0.15) is 5.56 Å². The number of anilines is 1. The number of aromatic nitrogens is 3. The number of ether oxygens (including phenoxy) is 1. The summed E-state index contributed by atoms with van der Waals surface area (Å²) in [5, 5.41) is 6.85. The van der Waals surface area contributed by atoms with Gasteiger partial charge in [0.05, 0.1) is 5.52 Å². The highest BCUT2D eigenvalue weighted by molar-refractivity contribution is 5.87. The normalized spacial score (nSPS) is 10.7. The van der Waals surface area contributed by atoms with E-state index in [-0.39, 0.29) is 12.5 Å². The molecule has 2 aromatic heterocycles. The summed E-state index contributed by atoms with van der Waals surface area (Å²) in [6.45, 7) is 1.74. The minimum atomic E-state index is -0.175. The molecule has 0 unspecified atom stereocenters. The van der Waals surface area contributed by atoms with Gasteiger partial charge in [0.1, 0.15) is 5.75 Å². The summed E-state index contributed by atoms with van der Waals surface area (Å²) in [6, 6.07) is 20.0. The summed E-state index contributed by atoms with van der Waals surface area (Å²) in [6.07, 6.45) is 5.37. The van der Waals surface area contributed by atoms with Gasteiger partial charge in [-0.25, -0.2) is 9.97 Å². The third kappa shape index (κ3) is 4.94. The monoisotopic (exact) mass is 401 g/mol. The molecule has 0 saturated carbocycles. The van der Waals surface area contributed by atoms with Crippen molar-refractivity contribution < 1.29 is 9.53 Å². The lowest BCUT2D eigenvalue weighted by Gasteiger charge is -2.10. The maximum atomic E-state index is 12.1. The average molecular weight is 401 g/mol. The van der Waals surface area contributed by atoms with Crippen molar-refractivity contribution >= 4 is 22.8 Å². The predicted octanol–water partition coefficient (Wildman–Crippen LogP) is 3.09. The van der Waals surface area contributed by atoms with E-state index in [1.165, 1.54) is 5.56 Å². The Hall–Kier alpha value is -3.87. The Morgan fingerprint density at radius 2 is 1.77 bits per heavy atom. The van der Waals surface area contributed by atoms with E-state index in [1.807, 2.05) is 42.6 Å². The third-order valence-electron chi connectivity index (χ3n) is 4.62. The minimum absolute atomic E-state index is 0.0369. The molecule has 0 aliphatic rings. The predicted molar refractivity (Wildman–Crippen MR) is 117 cm³/mol. The topological polar surface area (TPSA) is 81.1 Å². The first-order valence-corrected chi connectivity index (χ1v) is 9.82. The number of rotatable bonds is 9. The molecule has 0 atom stereocenters. The molecule has 0 saturated heterocycles. The van der Waals surface area contributed by atoms with Crippen LogP contribution in [0.15, 0.2) is 79.3 Å². The Labute approximate surface area is 174 Å². The van der Waals surface area contributed by atoms with Gasteiger partial charge in [0.2, 0.25) is 5.95 Å². The molecule has 7 nitrogen and oxygen atoms in total. The van der Waals surface area contributed by atoms with E-state index < -0.39 is 0 Å². The van der Waals surface area contributed by atoms with Crippen LogP contribution in [0.4, 0.5) is 5.95 Å². The van der Waals surface area contributed by atoms with Gasteiger partial charge in [-0.15, -0.1) is 0 Å². The zero-order chi connectivity index (χ0) is 20.6. The Balaban J connectivity index is 1.30. The van der Waals surface area contributed by atoms with Crippen LogP contribution in [0.2, 0.25) is 0 Å². The Morgan fingerprint density at radius 3 is 2.60 bits per heavy atom. The standard InChI is InChI=1S/C23H23N5O2/c29-22(24-13-14-27-23-25-11-5-12-26-23)17-30-21-9-4-8-20-19(21)10-15-28(20)16-18-6-2-1-3-7-18/h1-12,15H,13-14,16-17H2,(H,24,29)(H,25,26,27). The van der Waals surface area contributed by atoms with Crippen molar-refractivity contribution in [3.8, 4) is 5.75 Å². The molecule has 7 heteroatoms. The van der Waals surface area contributed by atoms with Crippen molar-refractivity contribution in [3.63, 3.8) is 0 Å². The molecule has 30 heavy (non-hydrogen) atoms. The second kappa shape index (κ2) is 9.56. The number of carbonyl (C=O) groups excluding carboxylic acids is 1. The highest BCUT2D eigenvalue weighted by Gasteiger charge is 2.09. The highest BCUT2D eigenvalue weighted by atomic mass is 16.5. The molecular formula is C23H23N5O2. The fourth-order valence-electron chi connectivity index (χ4n) is 3.20. The van der Waals surface area contributed by atoms with E-state index in [1.54, 1.807) is 18.5 Å². The number of nitrogens with one attached hydrogen (secondary N) is 2. The van der Waals surface area contributed by atoms with Crippen LogP contribution in [-0.4, -0.2) is 40.1 Å². The smallest absolute Gasteiger partial charge is 0.258 e. The van der Waals surface area contributed by atoms with Crippen molar-refractivity contribution in [2.75, 3.05) is 25.0 Å². The summed E-state index contributed by atoms with van der Waals surface area (Å²) < 4.78 is 7.96. The number of nitrogens with zero attached hydrogens (tertiary/aromatic N) is 3. The number of fused-ring (bicyclic) bond motifs is 1. The second-order valence-corrected chi connectivity index (χ2v) is 6.76. The fraction of sp³-hybridized carbons (Fsp3) is 0.174.